The summed E-state index contributed by atoms with van der Waals surface area (Å²) in [5.74, 6) is -0.883. The Morgan fingerprint density at radius 2 is 2.19 bits per heavy atom. The van der Waals surface area contributed by atoms with Crippen LogP contribution >= 0.6 is 0 Å². The van der Waals surface area contributed by atoms with Crippen molar-refractivity contribution in [3.05, 3.63) is 11.9 Å². The van der Waals surface area contributed by atoms with E-state index in [0.29, 0.717) is 30.8 Å². The van der Waals surface area contributed by atoms with Crippen LogP contribution in [0.3, 0.4) is 0 Å². The quantitative estimate of drug-likeness (QED) is 0.928. The van der Waals surface area contributed by atoms with E-state index in [1.165, 1.54) is 7.11 Å². The molecule has 2 rings (SSSR count). The van der Waals surface area contributed by atoms with Gasteiger partial charge in [-0.05, 0) is 32.1 Å². The van der Waals surface area contributed by atoms with Crippen molar-refractivity contribution in [2.24, 2.45) is 17.6 Å². The number of hydrogen-bond donors (Lipinski definition) is 1. The topological polar surface area (TPSA) is 53.1 Å². The van der Waals surface area contributed by atoms with Crippen LogP contribution in [0.25, 0.3) is 0 Å². The number of nitrogens with two attached hydrogens (primary N) is 1. The molecule has 0 bridgehead atoms. The maximum atomic E-state index is 12.9. The van der Waals surface area contributed by atoms with Gasteiger partial charge in [-0.25, -0.2) is 0 Å². The van der Waals surface area contributed by atoms with Crippen molar-refractivity contribution in [3.8, 4) is 5.75 Å². The fraction of sp³-hybridized carbons (Fsp3) is 0.786. The molecule has 1 aliphatic carbocycles. The fourth-order valence-electron chi connectivity index (χ4n) is 3.20. The highest BCUT2D eigenvalue weighted by molar-refractivity contribution is 5.28. The van der Waals surface area contributed by atoms with E-state index >= 15 is 0 Å². The minimum Gasteiger partial charge on any atom is -0.493 e. The van der Waals surface area contributed by atoms with Gasteiger partial charge in [0.05, 0.1) is 31.0 Å². The van der Waals surface area contributed by atoms with Gasteiger partial charge < -0.3 is 10.5 Å². The predicted octanol–water partition coefficient (Wildman–Crippen LogP) is 3.28. The zero-order valence-electron chi connectivity index (χ0n) is 12.4. The number of halogens is 3. The molecule has 0 amide bonds. The van der Waals surface area contributed by atoms with Crippen LogP contribution in [0.1, 0.15) is 44.3 Å². The lowest BCUT2D eigenvalue weighted by Gasteiger charge is -2.34. The Morgan fingerprint density at radius 1 is 1.48 bits per heavy atom. The number of hydrogen-bond acceptors (Lipinski definition) is 3. The molecule has 0 aliphatic heterocycles. The molecule has 1 aliphatic rings. The van der Waals surface area contributed by atoms with E-state index in [9.17, 15) is 13.2 Å². The minimum atomic E-state index is -4.13. The van der Waals surface area contributed by atoms with Crippen LogP contribution in [0.4, 0.5) is 13.2 Å². The zero-order valence-corrected chi connectivity index (χ0v) is 12.4. The Morgan fingerprint density at radius 3 is 2.76 bits per heavy atom. The lowest BCUT2D eigenvalue weighted by atomic mass is 9.77. The molecule has 4 nitrogen and oxygen atoms in total. The number of aromatic nitrogens is 2. The SMILES string of the molecule is CCn1ncc(OC)c1C(N)C1CCCC(C(F)(F)F)C1. The number of rotatable bonds is 4. The van der Waals surface area contributed by atoms with Crippen LogP contribution in [0.15, 0.2) is 6.20 Å². The summed E-state index contributed by atoms with van der Waals surface area (Å²) in [5, 5.41) is 4.18. The van der Waals surface area contributed by atoms with E-state index in [1.54, 1.807) is 10.9 Å². The largest absolute Gasteiger partial charge is 0.493 e. The first-order chi connectivity index (χ1) is 9.88. The maximum Gasteiger partial charge on any atom is 0.391 e. The summed E-state index contributed by atoms with van der Waals surface area (Å²) in [6.45, 7) is 2.53. The molecule has 21 heavy (non-hydrogen) atoms. The molecular formula is C14H22F3N3O. The van der Waals surface area contributed by atoms with Gasteiger partial charge in [-0.3, -0.25) is 4.68 Å². The fourth-order valence-corrected chi connectivity index (χ4v) is 3.20. The average molecular weight is 305 g/mol. The Labute approximate surface area is 122 Å². The number of methoxy groups -OCH3 is 1. The standard InChI is InChI=1S/C14H22F3N3O/c1-3-20-13(11(21-2)8-19-20)12(18)9-5-4-6-10(7-9)14(15,16)17/h8-10,12H,3-7,18H2,1-2H3. The van der Waals surface area contributed by atoms with Crippen LogP contribution in [-0.4, -0.2) is 23.1 Å². The summed E-state index contributed by atoms with van der Waals surface area (Å²) >= 11 is 0. The van der Waals surface area contributed by atoms with Crippen molar-refractivity contribution < 1.29 is 17.9 Å². The van der Waals surface area contributed by atoms with E-state index < -0.39 is 18.1 Å². The highest BCUT2D eigenvalue weighted by atomic mass is 19.4. The third-order valence-corrected chi connectivity index (χ3v) is 4.37. The summed E-state index contributed by atoms with van der Waals surface area (Å²) < 4.78 is 45.7. The van der Waals surface area contributed by atoms with Gasteiger partial charge in [0.15, 0.2) is 5.75 Å². The van der Waals surface area contributed by atoms with Gasteiger partial charge in [-0.1, -0.05) is 6.42 Å². The molecule has 0 aromatic carbocycles. The van der Waals surface area contributed by atoms with Gasteiger partial charge in [0.25, 0.3) is 0 Å². The zero-order chi connectivity index (χ0) is 15.6. The highest BCUT2D eigenvalue weighted by Crippen LogP contribution is 2.44. The lowest BCUT2D eigenvalue weighted by Crippen LogP contribution is -2.34. The number of alkyl halides is 3. The molecule has 1 saturated carbocycles. The molecule has 1 heterocycles. The van der Waals surface area contributed by atoms with Gasteiger partial charge in [-0.15, -0.1) is 0 Å². The van der Waals surface area contributed by atoms with E-state index in [2.05, 4.69) is 5.10 Å². The molecule has 2 N–H and O–H groups in total. The molecule has 1 aromatic heterocycles. The van der Waals surface area contributed by atoms with Crippen molar-refractivity contribution in [3.63, 3.8) is 0 Å². The van der Waals surface area contributed by atoms with E-state index in [1.807, 2.05) is 6.92 Å². The second-order valence-electron chi connectivity index (χ2n) is 5.60. The summed E-state index contributed by atoms with van der Waals surface area (Å²) in [4.78, 5) is 0. The summed E-state index contributed by atoms with van der Waals surface area (Å²) in [6.07, 6.45) is -0.993. The Hall–Kier alpha value is -1.24. The summed E-state index contributed by atoms with van der Waals surface area (Å²) in [6, 6.07) is -0.479. The van der Waals surface area contributed by atoms with Crippen LogP contribution in [0, 0.1) is 11.8 Å². The smallest absolute Gasteiger partial charge is 0.391 e. The normalized spacial score (nSPS) is 24.9. The summed E-state index contributed by atoms with van der Waals surface area (Å²) in [5.41, 5.74) is 6.97. The monoisotopic (exact) mass is 305 g/mol. The van der Waals surface area contributed by atoms with E-state index in [0.717, 1.165) is 0 Å². The van der Waals surface area contributed by atoms with Crippen molar-refractivity contribution in [1.82, 2.24) is 9.78 Å². The molecule has 0 saturated heterocycles. The summed E-state index contributed by atoms with van der Waals surface area (Å²) in [7, 11) is 1.52. The van der Waals surface area contributed by atoms with Crippen molar-refractivity contribution in [2.45, 2.75) is 51.4 Å². The minimum absolute atomic E-state index is 0.0860. The first-order valence-electron chi connectivity index (χ1n) is 7.30. The molecule has 3 unspecified atom stereocenters. The second kappa shape index (κ2) is 6.25. The van der Waals surface area contributed by atoms with Gasteiger partial charge >= 0.3 is 6.18 Å². The first kappa shape index (κ1) is 16.1. The second-order valence-corrected chi connectivity index (χ2v) is 5.60. The van der Waals surface area contributed by atoms with Gasteiger partial charge in [0.2, 0.25) is 0 Å². The van der Waals surface area contributed by atoms with Gasteiger partial charge in [0.1, 0.15) is 0 Å². The number of nitrogens with zero attached hydrogens (tertiary/aromatic N) is 2. The molecule has 3 atom stereocenters. The van der Waals surface area contributed by atoms with Gasteiger partial charge in [-0.2, -0.15) is 18.3 Å². The molecular weight excluding hydrogens is 283 g/mol. The Kier molecular flexibility index (Phi) is 4.81. The third kappa shape index (κ3) is 3.33. The molecule has 0 spiro atoms. The van der Waals surface area contributed by atoms with Crippen molar-refractivity contribution in [2.75, 3.05) is 7.11 Å². The van der Waals surface area contributed by atoms with Crippen molar-refractivity contribution >= 4 is 0 Å². The Balaban J connectivity index is 2.19. The Bertz CT molecular complexity index is 451. The highest BCUT2D eigenvalue weighted by Gasteiger charge is 2.43. The lowest BCUT2D eigenvalue weighted by molar-refractivity contribution is -0.186. The molecule has 1 aromatic rings. The van der Waals surface area contributed by atoms with E-state index in [4.69, 9.17) is 10.5 Å². The number of ether oxygens (including phenoxy) is 1. The van der Waals surface area contributed by atoms with E-state index in [-0.39, 0.29) is 18.8 Å². The third-order valence-electron chi connectivity index (χ3n) is 4.37. The van der Waals surface area contributed by atoms with Crippen LogP contribution in [0.5, 0.6) is 5.75 Å². The predicted molar refractivity (Wildman–Crippen MR) is 72.9 cm³/mol. The molecule has 120 valence electrons. The maximum absolute atomic E-state index is 12.9. The molecule has 1 fully saturated rings. The number of aryl methyl sites for hydroxylation is 1. The van der Waals surface area contributed by atoms with Crippen molar-refractivity contribution in [1.29, 1.82) is 0 Å². The van der Waals surface area contributed by atoms with Crippen LogP contribution < -0.4 is 10.5 Å². The van der Waals surface area contributed by atoms with Crippen LogP contribution in [-0.2, 0) is 6.54 Å². The van der Waals surface area contributed by atoms with Gasteiger partial charge in [0, 0.05) is 6.54 Å². The molecule has 7 heteroatoms. The molecule has 0 radical (unpaired) electrons. The average Bonchev–Trinajstić information content (AvgIpc) is 2.88. The first-order valence-corrected chi connectivity index (χ1v) is 7.30. The van der Waals surface area contributed by atoms with Crippen LogP contribution in [0.2, 0.25) is 0 Å².